The van der Waals surface area contributed by atoms with Crippen LogP contribution in [0.4, 0.5) is 0 Å². The molecule has 0 bridgehead atoms. The molecule has 0 unspecified atom stereocenters. The fourth-order valence-electron chi connectivity index (χ4n) is 5.00. The van der Waals surface area contributed by atoms with E-state index in [2.05, 4.69) is 16.9 Å². The van der Waals surface area contributed by atoms with E-state index >= 15 is 0 Å². The van der Waals surface area contributed by atoms with Crippen molar-refractivity contribution < 1.29 is 14.3 Å². The number of carbonyl (C=O) groups excluding carboxylic acids is 1. The van der Waals surface area contributed by atoms with Crippen molar-refractivity contribution in [3.63, 3.8) is 0 Å². The molecule has 1 aromatic heterocycles. The van der Waals surface area contributed by atoms with E-state index in [0.29, 0.717) is 17.9 Å². The molecular formula is C25H36N4O3. The molecule has 1 amide bonds. The van der Waals surface area contributed by atoms with Gasteiger partial charge in [-0.05, 0) is 51.3 Å². The van der Waals surface area contributed by atoms with Gasteiger partial charge in [-0.2, -0.15) is 5.10 Å². The number of nitrogens with zero attached hydrogens (tertiary/aromatic N) is 4. The summed E-state index contributed by atoms with van der Waals surface area (Å²) in [7, 11) is 3.76. The summed E-state index contributed by atoms with van der Waals surface area (Å²) in [6.07, 6.45) is 7.17. The maximum Gasteiger partial charge on any atom is 0.257 e. The number of piperidine rings is 1. The molecule has 7 heteroatoms. The van der Waals surface area contributed by atoms with Gasteiger partial charge in [-0.3, -0.25) is 14.4 Å². The fraction of sp³-hybridized carbons (Fsp3) is 0.600. The predicted octanol–water partition coefficient (Wildman–Crippen LogP) is 3.41. The van der Waals surface area contributed by atoms with Gasteiger partial charge >= 0.3 is 0 Å². The van der Waals surface area contributed by atoms with Crippen molar-refractivity contribution in [2.75, 3.05) is 33.4 Å². The minimum atomic E-state index is 0.0643. The Morgan fingerprint density at radius 1 is 1.12 bits per heavy atom. The van der Waals surface area contributed by atoms with Crippen molar-refractivity contribution in [1.82, 2.24) is 19.6 Å². The van der Waals surface area contributed by atoms with Crippen LogP contribution < -0.4 is 4.74 Å². The Balaban J connectivity index is 1.56. The average molecular weight is 441 g/mol. The van der Waals surface area contributed by atoms with Gasteiger partial charge in [-0.15, -0.1) is 0 Å². The molecule has 2 atom stereocenters. The van der Waals surface area contributed by atoms with Crippen LogP contribution in [0.15, 0.2) is 30.5 Å². The molecule has 4 rings (SSSR count). The number of para-hydroxylation sites is 1. The molecule has 3 heterocycles. The van der Waals surface area contributed by atoms with Crippen LogP contribution >= 0.6 is 0 Å². The summed E-state index contributed by atoms with van der Waals surface area (Å²) in [6.45, 7) is 6.12. The molecule has 1 fully saturated rings. The highest BCUT2D eigenvalue weighted by Gasteiger charge is 2.35. The van der Waals surface area contributed by atoms with Crippen LogP contribution in [0.2, 0.25) is 0 Å². The van der Waals surface area contributed by atoms with Crippen LogP contribution in [-0.2, 0) is 18.3 Å². The Morgan fingerprint density at radius 3 is 2.75 bits per heavy atom. The second kappa shape index (κ2) is 10.5. The van der Waals surface area contributed by atoms with Gasteiger partial charge in [0, 0.05) is 45.0 Å². The van der Waals surface area contributed by atoms with Crippen LogP contribution in [0, 0.1) is 6.92 Å². The standard InChI is InChI=1S/C25H36N4O3/c1-19-20(17-26-27(19)2)18-28-13-7-6-10-22-24(31-3)12-8-14-29(22)25(30)21-9-4-5-11-23(21)32-16-15-28/h4-5,9,11,17,22,24H,6-8,10,12-16,18H2,1-3H3/t22-,24-/m1/s1. The van der Waals surface area contributed by atoms with E-state index in [1.165, 1.54) is 11.3 Å². The van der Waals surface area contributed by atoms with Crippen LogP contribution in [0.5, 0.6) is 5.75 Å². The number of hydrogen-bond donors (Lipinski definition) is 0. The SMILES string of the molecule is CO[C@@H]1CCCN2C(=O)c3ccccc3OCCN(Cc3cnn(C)c3C)CCCC[C@H]12. The summed E-state index contributed by atoms with van der Waals surface area (Å²) in [5.74, 6) is 0.738. The van der Waals surface area contributed by atoms with Gasteiger partial charge in [0.2, 0.25) is 0 Å². The van der Waals surface area contributed by atoms with Gasteiger partial charge < -0.3 is 14.4 Å². The number of amides is 1. The summed E-state index contributed by atoms with van der Waals surface area (Å²) < 4.78 is 13.9. The number of benzene rings is 1. The second-order valence-corrected chi connectivity index (χ2v) is 8.98. The van der Waals surface area contributed by atoms with Crippen molar-refractivity contribution in [3.05, 3.63) is 47.3 Å². The third-order valence-corrected chi connectivity index (χ3v) is 7.02. The van der Waals surface area contributed by atoms with Crippen LogP contribution in [0.3, 0.4) is 0 Å². The normalized spacial score (nSPS) is 23.3. The molecule has 0 radical (unpaired) electrons. The van der Waals surface area contributed by atoms with Crippen molar-refractivity contribution in [1.29, 1.82) is 0 Å². The minimum Gasteiger partial charge on any atom is -0.491 e. The molecule has 0 saturated carbocycles. The van der Waals surface area contributed by atoms with Crippen LogP contribution in [0.25, 0.3) is 0 Å². The fourth-order valence-corrected chi connectivity index (χ4v) is 5.00. The highest BCUT2D eigenvalue weighted by atomic mass is 16.5. The van der Waals surface area contributed by atoms with Crippen molar-refractivity contribution in [2.45, 2.75) is 57.7 Å². The third kappa shape index (κ3) is 4.99. The monoisotopic (exact) mass is 440 g/mol. The van der Waals surface area contributed by atoms with Crippen molar-refractivity contribution in [2.24, 2.45) is 7.05 Å². The van der Waals surface area contributed by atoms with Gasteiger partial charge in [-0.1, -0.05) is 18.6 Å². The number of ether oxygens (including phenoxy) is 2. The van der Waals surface area contributed by atoms with Crippen LogP contribution in [0.1, 0.15) is 53.7 Å². The Hall–Kier alpha value is -2.38. The Kier molecular flexibility index (Phi) is 7.48. The minimum absolute atomic E-state index is 0.0643. The zero-order valence-electron chi connectivity index (χ0n) is 19.6. The molecule has 2 aromatic rings. The number of rotatable bonds is 3. The molecule has 32 heavy (non-hydrogen) atoms. The van der Waals surface area contributed by atoms with E-state index in [4.69, 9.17) is 9.47 Å². The van der Waals surface area contributed by atoms with E-state index in [9.17, 15) is 4.79 Å². The first-order valence-electron chi connectivity index (χ1n) is 11.8. The van der Waals surface area contributed by atoms with Crippen LogP contribution in [-0.4, -0.2) is 71.0 Å². The first kappa shape index (κ1) is 22.8. The number of carbonyl (C=O) groups is 1. The summed E-state index contributed by atoms with van der Waals surface area (Å²) in [5.41, 5.74) is 3.11. The van der Waals surface area contributed by atoms with Gasteiger partial charge in [0.15, 0.2) is 0 Å². The molecule has 2 aliphatic heterocycles. The smallest absolute Gasteiger partial charge is 0.257 e. The summed E-state index contributed by atoms with van der Waals surface area (Å²) >= 11 is 0. The number of aryl methyl sites for hydroxylation is 1. The molecule has 0 spiro atoms. The van der Waals surface area contributed by atoms with Crippen molar-refractivity contribution in [3.8, 4) is 5.75 Å². The zero-order chi connectivity index (χ0) is 22.5. The number of fused-ring (bicyclic) bond motifs is 2. The van der Waals surface area contributed by atoms with E-state index in [1.807, 2.05) is 47.1 Å². The third-order valence-electron chi connectivity index (χ3n) is 7.02. The molecule has 7 nitrogen and oxygen atoms in total. The van der Waals surface area contributed by atoms with E-state index in [-0.39, 0.29) is 18.1 Å². The van der Waals surface area contributed by atoms with Gasteiger partial charge in [0.1, 0.15) is 12.4 Å². The second-order valence-electron chi connectivity index (χ2n) is 8.98. The maximum absolute atomic E-state index is 13.6. The molecule has 1 aromatic carbocycles. The molecule has 0 N–H and O–H groups in total. The first-order chi connectivity index (χ1) is 15.6. The maximum atomic E-state index is 13.6. The highest BCUT2D eigenvalue weighted by molar-refractivity contribution is 5.97. The topological polar surface area (TPSA) is 59.8 Å². The molecule has 0 aliphatic carbocycles. The lowest BCUT2D eigenvalue weighted by Crippen LogP contribution is -2.51. The molecule has 2 aliphatic rings. The lowest BCUT2D eigenvalue weighted by atomic mass is 9.93. The lowest BCUT2D eigenvalue weighted by molar-refractivity contribution is -0.0155. The van der Waals surface area contributed by atoms with Crippen molar-refractivity contribution >= 4 is 5.91 Å². The van der Waals surface area contributed by atoms with E-state index in [1.54, 1.807) is 7.11 Å². The van der Waals surface area contributed by atoms with E-state index in [0.717, 1.165) is 58.3 Å². The van der Waals surface area contributed by atoms with Gasteiger partial charge in [0.05, 0.1) is 23.9 Å². The lowest BCUT2D eigenvalue weighted by Gasteiger charge is -2.41. The van der Waals surface area contributed by atoms with Gasteiger partial charge in [0.25, 0.3) is 5.91 Å². The zero-order valence-corrected chi connectivity index (χ0v) is 19.6. The summed E-state index contributed by atoms with van der Waals surface area (Å²) in [6, 6.07) is 7.77. The Labute approximate surface area is 191 Å². The first-order valence-corrected chi connectivity index (χ1v) is 11.8. The molecule has 1 saturated heterocycles. The molecular weight excluding hydrogens is 404 g/mol. The largest absolute Gasteiger partial charge is 0.491 e. The number of aromatic nitrogens is 2. The van der Waals surface area contributed by atoms with Gasteiger partial charge in [-0.25, -0.2) is 0 Å². The predicted molar refractivity (Wildman–Crippen MR) is 124 cm³/mol. The number of hydrogen-bond acceptors (Lipinski definition) is 5. The Bertz CT molecular complexity index is 912. The van der Waals surface area contributed by atoms with E-state index < -0.39 is 0 Å². The quantitative estimate of drug-likeness (QED) is 0.732. The number of methoxy groups -OCH3 is 1. The summed E-state index contributed by atoms with van der Waals surface area (Å²) in [4.78, 5) is 18.0. The highest BCUT2D eigenvalue weighted by Crippen LogP contribution is 2.29. The molecule has 174 valence electrons. The Morgan fingerprint density at radius 2 is 1.97 bits per heavy atom. The summed E-state index contributed by atoms with van der Waals surface area (Å²) in [5, 5.41) is 4.40. The average Bonchev–Trinajstić information content (AvgIpc) is 3.13.